The zero-order valence-electron chi connectivity index (χ0n) is 16.4. The van der Waals surface area contributed by atoms with E-state index in [0.717, 1.165) is 49.3 Å². The van der Waals surface area contributed by atoms with Gasteiger partial charge in [-0.15, -0.1) is 0 Å². The Morgan fingerprint density at radius 3 is 2.63 bits per heavy atom. The molecule has 1 aromatic heterocycles. The van der Waals surface area contributed by atoms with Crippen LogP contribution >= 0.6 is 11.6 Å². The van der Waals surface area contributed by atoms with Crippen molar-refractivity contribution in [2.75, 3.05) is 0 Å². The second-order valence-corrected chi connectivity index (χ2v) is 8.50. The van der Waals surface area contributed by atoms with Gasteiger partial charge in [-0.3, -0.25) is 0 Å². The van der Waals surface area contributed by atoms with Crippen molar-refractivity contribution < 1.29 is 23.1 Å². The van der Waals surface area contributed by atoms with Gasteiger partial charge in [0.05, 0.1) is 5.56 Å². The Morgan fingerprint density at radius 2 is 1.97 bits per heavy atom. The van der Waals surface area contributed by atoms with Crippen molar-refractivity contribution in [1.82, 2.24) is 4.57 Å². The summed E-state index contributed by atoms with van der Waals surface area (Å²) in [6, 6.07) is 4.07. The number of aliphatic carboxylic acids is 1. The van der Waals surface area contributed by atoms with Crippen molar-refractivity contribution in [2.45, 2.75) is 63.6 Å². The summed E-state index contributed by atoms with van der Waals surface area (Å²) in [5.74, 6) is -0.873. The maximum absolute atomic E-state index is 13.5. The summed E-state index contributed by atoms with van der Waals surface area (Å²) in [4.78, 5) is 11.2. The summed E-state index contributed by atoms with van der Waals surface area (Å²) in [5.41, 5.74) is 3.11. The minimum Gasteiger partial charge on any atom is -0.478 e. The average molecular weight is 438 g/mol. The van der Waals surface area contributed by atoms with Gasteiger partial charge in [0.25, 0.3) is 0 Å². The highest BCUT2D eigenvalue weighted by molar-refractivity contribution is 6.31. The third-order valence-electron chi connectivity index (χ3n) is 6.28. The second-order valence-electron chi connectivity index (χ2n) is 8.10. The van der Waals surface area contributed by atoms with E-state index in [-0.39, 0.29) is 23.0 Å². The van der Waals surface area contributed by atoms with Gasteiger partial charge >= 0.3 is 12.1 Å². The quantitative estimate of drug-likeness (QED) is 0.604. The predicted molar refractivity (Wildman–Crippen MR) is 109 cm³/mol. The van der Waals surface area contributed by atoms with Crippen LogP contribution in [0.3, 0.4) is 0 Å². The van der Waals surface area contributed by atoms with Crippen LogP contribution in [0.25, 0.3) is 0 Å². The number of hydrogen-bond acceptors (Lipinski definition) is 1. The van der Waals surface area contributed by atoms with Gasteiger partial charge in [0.15, 0.2) is 0 Å². The number of hydrogen-bond donors (Lipinski definition) is 1. The molecule has 1 unspecified atom stereocenters. The van der Waals surface area contributed by atoms with Gasteiger partial charge in [-0.2, -0.15) is 13.2 Å². The second kappa shape index (κ2) is 8.14. The van der Waals surface area contributed by atoms with E-state index in [2.05, 4.69) is 4.57 Å². The Balaban J connectivity index is 1.71. The predicted octanol–water partition coefficient (Wildman–Crippen LogP) is 6.37. The fourth-order valence-electron chi connectivity index (χ4n) is 4.78. The molecule has 1 atom stereocenters. The summed E-state index contributed by atoms with van der Waals surface area (Å²) < 4.78 is 42.8. The smallest absolute Gasteiger partial charge is 0.416 e. The Labute approximate surface area is 178 Å². The lowest BCUT2D eigenvalue weighted by atomic mass is 9.91. The Kier molecular flexibility index (Phi) is 5.71. The molecule has 2 aliphatic carbocycles. The molecule has 0 radical (unpaired) electrons. The molecule has 0 saturated carbocycles. The lowest BCUT2D eigenvalue weighted by Gasteiger charge is -2.26. The number of carboxylic acids is 1. The third kappa shape index (κ3) is 4.02. The van der Waals surface area contributed by atoms with Gasteiger partial charge < -0.3 is 9.67 Å². The molecule has 0 aliphatic heterocycles. The zero-order valence-corrected chi connectivity index (χ0v) is 17.2. The Hall–Kier alpha value is -2.21. The van der Waals surface area contributed by atoms with E-state index in [0.29, 0.717) is 18.4 Å². The molecule has 0 bridgehead atoms. The highest BCUT2D eigenvalue weighted by atomic mass is 35.5. The molecule has 3 nitrogen and oxygen atoms in total. The largest absolute Gasteiger partial charge is 0.478 e. The topological polar surface area (TPSA) is 42.2 Å². The van der Waals surface area contributed by atoms with Gasteiger partial charge in [-0.05, 0) is 73.8 Å². The number of carbonyl (C=O) groups is 1. The number of nitrogens with zero attached hydrogens (tertiary/aromatic N) is 1. The molecule has 4 rings (SSSR count). The highest BCUT2D eigenvalue weighted by Gasteiger charge is 2.35. The Bertz CT molecular complexity index is 1010. The van der Waals surface area contributed by atoms with Crippen LogP contribution in [0.2, 0.25) is 5.02 Å². The van der Waals surface area contributed by atoms with Crippen LogP contribution < -0.4 is 0 Å². The summed E-state index contributed by atoms with van der Waals surface area (Å²) in [6.07, 6.45) is 5.14. The molecule has 0 fully saturated rings. The van der Waals surface area contributed by atoms with Gasteiger partial charge in [0.2, 0.25) is 0 Å². The summed E-state index contributed by atoms with van der Waals surface area (Å²) in [7, 11) is 0. The van der Waals surface area contributed by atoms with Crippen molar-refractivity contribution in [2.24, 2.45) is 0 Å². The zero-order chi connectivity index (χ0) is 21.5. The molecular weight excluding hydrogens is 415 g/mol. The third-order valence-corrected chi connectivity index (χ3v) is 6.63. The first-order chi connectivity index (χ1) is 14.3. The number of halogens is 4. The van der Waals surface area contributed by atoms with Gasteiger partial charge in [0, 0.05) is 34.9 Å². The molecule has 2 aliphatic rings. The first kappa shape index (κ1) is 21.0. The normalized spacial score (nSPS) is 19.3. The van der Waals surface area contributed by atoms with Crippen LogP contribution in [0.1, 0.15) is 66.1 Å². The van der Waals surface area contributed by atoms with Gasteiger partial charge in [-0.25, -0.2) is 4.79 Å². The molecule has 160 valence electrons. The molecule has 7 heteroatoms. The highest BCUT2D eigenvalue weighted by Crippen LogP contribution is 2.39. The number of benzene rings is 1. The number of allylic oxidation sites excluding steroid dienone is 1. The molecule has 1 heterocycles. The van der Waals surface area contributed by atoms with Crippen molar-refractivity contribution in [1.29, 1.82) is 0 Å². The lowest BCUT2D eigenvalue weighted by Crippen LogP contribution is -2.17. The van der Waals surface area contributed by atoms with Crippen molar-refractivity contribution in [3.8, 4) is 0 Å². The minimum absolute atomic E-state index is 0.119. The number of aromatic nitrogens is 1. The maximum Gasteiger partial charge on any atom is 0.416 e. The number of rotatable bonds is 4. The number of fused-ring (bicyclic) bond motifs is 1. The summed E-state index contributed by atoms with van der Waals surface area (Å²) in [6.45, 7) is 0. The number of alkyl halides is 3. The molecule has 2 aromatic rings. The van der Waals surface area contributed by atoms with Crippen LogP contribution in [-0.4, -0.2) is 15.6 Å². The van der Waals surface area contributed by atoms with E-state index in [1.807, 2.05) is 6.20 Å². The first-order valence-electron chi connectivity index (χ1n) is 10.2. The van der Waals surface area contributed by atoms with Crippen molar-refractivity contribution in [3.63, 3.8) is 0 Å². The van der Waals surface area contributed by atoms with E-state index in [4.69, 9.17) is 11.6 Å². The van der Waals surface area contributed by atoms with Crippen LogP contribution in [0.4, 0.5) is 13.2 Å². The lowest BCUT2D eigenvalue weighted by molar-refractivity contribution is -0.138. The molecule has 1 N–H and O–H groups in total. The maximum atomic E-state index is 13.5. The standard InChI is InChI=1S/C23H23ClF3NO2/c24-20-6-3-5-19(23(25,26)27)18(20)12-15-13-28(21-7-2-1-4-17(15)21)16-10-8-14(9-11-16)22(29)30/h3,5-6,8,13,16H,1-2,4,7,9-12H2,(H,29,30). The monoisotopic (exact) mass is 437 g/mol. The summed E-state index contributed by atoms with van der Waals surface area (Å²) in [5, 5.41) is 9.33. The molecule has 0 amide bonds. The first-order valence-corrected chi connectivity index (χ1v) is 10.6. The fourth-order valence-corrected chi connectivity index (χ4v) is 5.03. The van der Waals surface area contributed by atoms with Crippen molar-refractivity contribution in [3.05, 3.63) is 69.0 Å². The van der Waals surface area contributed by atoms with E-state index in [1.165, 1.54) is 17.8 Å². The average Bonchev–Trinajstić information content (AvgIpc) is 3.07. The Morgan fingerprint density at radius 1 is 1.20 bits per heavy atom. The van der Waals surface area contributed by atoms with Gasteiger partial charge in [0.1, 0.15) is 0 Å². The molecule has 0 spiro atoms. The van der Waals surface area contributed by atoms with E-state index in [1.54, 1.807) is 6.08 Å². The van der Waals surface area contributed by atoms with Gasteiger partial charge in [-0.1, -0.05) is 23.7 Å². The van der Waals surface area contributed by atoms with Crippen LogP contribution in [0, 0.1) is 0 Å². The van der Waals surface area contributed by atoms with Crippen LogP contribution in [0.15, 0.2) is 36.0 Å². The minimum atomic E-state index is -4.45. The van der Waals surface area contributed by atoms with E-state index in [9.17, 15) is 23.1 Å². The summed E-state index contributed by atoms with van der Waals surface area (Å²) >= 11 is 6.20. The molecule has 1 aromatic carbocycles. The molecule has 0 saturated heterocycles. The van der Waals surface area contributed by atoms with Crippen molar-refractivity contribution >= 4 is 17.6 Å². The van der Waals surface area contributed by atoms with E-state index < -0.39 is 17.7 Å². The molecular formula is C23H23ClF3NO2. The molecule has 30 heavy (non-hydrogen) atoms. The SMILES string of the molecule is O=C(O)C1=CCC(n2cc(Cc3c(Cl)cccc3C(F)(F)F)c3c2CCCC3)CC1. The van der Waals surface area contributed by atoms with Crippen LogP contribution in [-0.2, 0) is 30.2 Å². The fraction of sp³-hybridized carbons (Fsp3) is 0.435. The number of carboxylic acid groups (broad SMARTS) is 1. The van der Waals surface area contributed by atoms with E-state index >= 15 is 0 Å². The van der Waals surface area contributed by atoms with Crippen LogP contribution in [0.5, 0.6) is 0 Å².